The number of benzene rings is 3. The Bertz CT molecular complexity index is 2160. The molecule has 16 nitrogen and oxygen atoms in total. The van der Waals surface area contributed by atoms with E-state index in [1.807, 2.05) is 45.0 Å². The standard InChI is InChI=1S/C48H64FN7O9/c1-47(2,3)40(52-45(62)64-7)43(60)54-26-35(57)23-34(54)25-50-31-15-9-28(10-16-31)37-21-22-38(56(37)33-19-13-30(49)14-20-33)29-11-17-32(18-12-29)51-42(59)39-24-36(58)27-55(39)44(61)41(48(4,5)6)53-46(63)65-8/h9-20,34-41,50,57-58H,21-27H2,1-8H3,(H,51,59)(H,52,62)(H,53,63)/t34-,35-,36-,37+,38+,39-,40+,41+/m0/s1. The maximum absolute atomic E-state index is 14.2. The van der Waals surface area contributed by atoms with E-state index < -0.39 is 65.2 Å². The number of β-amino-alcohol motifs (C(OH)–C–C–N with tert-alkyl or cyclic N) is 2. The Kier molecular flexibility index (Phi) is 15.0. The Balaban J connectivity index is 1.14. The number of alkyl carbamates (subject to hydrolysis) is 2. The number of carbonyl (C=O) groups is 5. The normalized spacial score (nSPS) is 23.1. The molecule has 3 heterocycles. The van der Waals surface area contributed by atoms with E-state index in [0.29, 0.717) is 18.7 Å². The molecule has 3 aliphatic rings. The Labute approximate surface area is 380 Å². The van der Waals surface area contributed by atoms with Gasteiger partial charge in [-0.3, -0.25) is 14.4 Å². The molecule has 0 spiro atoms. The van der Waals surface area contributed by atoms with Gasteiger partial charge in [0.15, 0.2) is 0 Å². The third-order valence-corrected chi connectivity index (χ3v) is 12.6. The van der Waals surface area contributed by atoms with Gasteiger partial charge >= 0.3 is 12.2 Å². The number of anilines is 3. The molecule has 3 aromatic carbocycles. The van der Waals surface area contributed by atoms with Gasteiger partial charge < -0.3 is 55.7 Å². The number of aliphatic hydroxyl groups excluding tert-OH is 2. The highest BCUT2D eigenvalue weighted by Gasteiger charge is 2.45. The highest BCUT2D eigenvalue weighted by Crippen LogP contribution is 2.47. The molecule has 5 amide bonds. The molecular weight excluding hydrogens is 838 g/mol. The monoisotopic (exact) mass is 901 g/mol. The number of nitrogens with one attached hydrogen (secondary N) is 4. The van der Waals surface area contributed by atoms with Crippen LogP contribution in [0.1, 0.15) is 90.4 Å². The Hall–Kier alpha value is -5.94. The predicted octanol–water partition coefficient (Wildman–Crippen LogP) is 5.72. The fourth-order valence-electron chi connectivity index (χ4n) is 9.16. The summed E-state index contributed by atoms with van der Waals surface area (Å²) in [5.41, 5.74) is 2.90. The summed E-state index contributed by atoms with van der Waals surface area (Å²) in [7, 11) is 2.45. The van der Waals surface area contributed by atoms with E-state index in [0.717, 1.165) is 35.3 Å². The van der Waals surface area contributed by atoms with E-state index in [9.17, 15) is 38.6 Å². The largest absolute Gasteiger partial charge is 0.453 e. The minimum atomic E-state index is -1.00. The SMILES string of the molecule is COC(=O)N[C@H](C(=O)N1C[C@@H](O)C[C@H]1CNc1ccc([C@H]2CC[C@H](c3ccc(NC(=O)[C@@H]4C[C@H](O)CN4C(=O)[C@@H](NC(=O)OC)C(C)(C)C)cc3)N2c2ccc(F)cc2)cc1)C(C)(C)C. The third-order valence-electron chi connectivity index (χ3n) is 12.6. The van der Waals surface area contributed by atoms with Crippen LogP contribution in [0.3, 0.4) is 0 Å². The van der Waals surface area contributed by atoms with Crippen molar-refractivity contribution in [3.8, 4) is 0 Å². The fourth-order valence-corrected chi connectivity index (χ4v) is 9.16. The van der Waals surface area contributed by atoms with Gasteiger partial charge in [0, 0.05) is 43.1 Å². The second-order valence-corrected chi connectivity index (χ2v) is 19.4. The molecule has 6 rings (SSSR count). The average molecular weight is 902 g/mol. The molecule has 352 valence electrons. The zero-order valence-corrected chi connectivity index (χ0v) is 38.5. The lowest BCUT2D eigenvalue weighted by atomic mass is 9.85. The molecule has 8 atom stereocenters. The molecule has 0 radical (unpaired) electrons. The van der Waals surface area contributed by atoms with Crippen molar-refractivity contribution in [2.75, 3.05) is 49.4 Å². The molecule has 65 heavy (non-hydrogen) atoms. The van der Waals surface area contributed by atoms with Crippen LogP contribution < -0.4 is 26.2 Å². The zero-order valence-electron chi connectivity index (χ0n) is 38.5. The van der Waals surface area contributed by atoms with Crippen LogP contribution in [0.5, 0.6) is 0 Å². The molecule has 3 fully saturated rings. The van der Waals surface area contributed by atoms with Crippen molar-refractivity contribution in [3.05, 3.63) is 89.7 Å². The number of hydrogen-bond donors (Lipinski definition) is 6. The van der Waals surface area contributed by atoms with Crippen molar-refractivity contribution < 1.29 is 48.0 Å². The van der Waals surface area contributed by atoms with Crippen LogP contribution in [0.25, 0.3) is 0 Å². The first-order valence-electron chi connectivity index (χ1n) is 22.1. The maximum Gasteiger partial charge on any atom is 0.407 e. The summed E-state index contributed by atoms with van der Waals surface area (Å²) in [5, 5.41) is 32.8. The van der Waals surface area contributed by atoms with Gasteiger partial charge in [0.1, 0.15) is 23.9 Å². The minimum absolute atomic E-state index is 0.0395. The Morgan fingerprint density at radius 3 is 1.63 bits per heavy atom. The molecule has 3 aliphatic heterocycles. The first-order valence-corrected chi connectivity index (χ1v) is 22.1. The molecule has 0 aliphatic carbocycles. The molecular formula is C48H64FN7O9. The number of carbonyl (C=O) groups excluding carboxylic acids is 5. The summed E-state index contributed by atoms with van der Waals surface area (Å²) in [4.78, 5) is 70.7. The minimum Gasteiger partial charge on any atom is -0.453 e. The predicted molar refractivity (Wildman–Crippen MR) is 243 cm³/mol. The van der Waals surface area contributed by atoms with E-state index >= 15 is 0 Å². The van der Waals surface area contributed by atoms with Gasteiger partial charge in [-0.2, -0.15) is 0 Å². The lowest BCUT2D eigenvalue weighted by Crippen LogP contribution is -2.57. The van der Waals surface area contributed by atoms with E-state index in [1.165, 1.54) is 31.3 Å². The van der Waals surface area contributed by atoms with Gasteiger partial charge in [-0.15, -0.1) is 0 Å². The van der Waals surface area contributed by atoms with Crippen molar-refractivity contribution in [1.29, 1.82) is 0 Å². The highest BCUT2D eigenvalue weighted by molar-refractivity contribution is 5.99. The van der Waals surface area contributed by atoms with Crippen molar-refractivity contribution in [1.82, 2.24) is 20.4 Å². The zero-order chi connectivity index (χ0) is 47.4. The van der Waals surface area contributed by atoms with E-state index in [-0.39, 0.29) is 49.4 Å². The summed E-state index contributed by atoms with van der Waals surface area (Å²) >= 11 is 0. The molecule has 0 aromatic heterocycles. The summed E-state index contributed by atoms with van der Waals surface area (Å²) < 4.78 is 23.7. The van der Waals surface area contributed by atoms with Gasteiger partial charge in [-0.1, -0.05) is 65.8 Å². The van der Waals surface area contributed by atoms with Crippen molar-refractivity contribution in [2.45, 2.75) is 116 Å². The van der Waals surface area contributed by atoms with Crippen molar-refractivity contribution in [3.63, 3.8) is 0 Å². The number of aliphatic hydroxyl groups is 2. The van der Waals surface area contributed by atoms with Crippen LogP contribution in [-0.4, -0.2) is 120 Å². The van der Waals surface area contributed by atoms with Crippen LogP contribution in [-0.2, 0) is 23.9 Å². The van der Waals surface area contributed by atoms with Crippen LogP contribution in [0.15, 0.2) is 72.8 Å². The number of nitrogens with zero attached hydrogens (tertiary/aromatic N) is 3. The lowest BCUT2D eigenvalue weighted by molar-refractivity contribution is -0.140. The molecule has 3 aromatic rings. The summed E-state index contributed by atoms with van der Waals surface area (Å²) in [5.74, 6) is -1.59. The number of likely N-dealkylation sites (tertiary alicyclic amines) is 2. The second kappa shape index (κ2) is 20.1. The van der Waals surface area contributed by atoms with Crippen molar-refractivity contribution >= 4 is 47.0 Å². The number of rotatable bonds is 12. The molecule has 0 saturated carbocycles. The van der Waals surface area contributed by atoms with Gasteiger partial charge in [0.2, 0.25) is 17.7 Å². The quantitative estimate of drug-likeness (QED) is 0.130. The van der Waals surface area contributed by atoms with Crippen LogP contribution in [0, 0.1) is 16.6 Å². The molecule has 6 N–H and O–H groups in total. The number of ether oxygens (including phenoxy) is 2. The lowest BCUT2D eigenvalue weighted by Gasteiger charge is -2.35. The highest BCUT2D eigenvalue weighted by atomic mass is 19.1. The second-order valence-electron chi connectivity index (χ2n) is 19.4. The third kappa shape index (κ3) is 11.5. The Morgan fingerprint density at radius 1 is 0.677 bits per heavy atom. The number of amides is 5. The van der Waals surface area contributed by atoms with Gasteiger partial charge in [0.05, 0.1) is 44.6 Å². The number of methoxy groups -OCH3 is 2. The first kappa shape index (κ1) is 48.5. The topological polar surface area (TPSA) is 202 Å². The van der Waals surface area contributed by atoms with Crippen LogP contribution >= 0.6 is 0 Å². The fraction of sp³-hybridized carbons (Fsp3) is 0.521. The molecule has 3 saturated heterocycles. The summed E-state index contributed by atoms with van der Waals surface area (Å²) in [6, 6.07) is 18.7. The smallest absolute Gasteiger partial charge is 0.407 e. The number of halogens is 1. The summed E-state index contributed by atoms with van der Waals surface area (Å²) in [6.45, 7) is 11.4. The Morgan fingerprint density at radius 2 is 1.14 bits per heavy atom. The van der Waals surface area contributed by atoms with Gasteiger partial charge in [-0.05, 0) is 89.8 Å². The van der Waals surface area contributed by atoms with Crippen molar-refractivity contribution in [2.24, 2.45) is 10.8 Å². The average Bonchev–Trinajstić information content (AvgIpc) is 3.99. The van der Waals surface area contributed by atoms with Crippen LogP contribution in [0.4, 0.5) is 31.0 Å². The van der Waals surface area contributed by atoms with E-state index in [2.05, 4.69) is 38.3 Å². The maximum atomic E-state index is 14.2. The molecule has 17 heteroatoms. The molecule has 0 bridgehead atoms. The number of hydrogen-bond acceptors (Lipinski definition) is 11. The van der Waals surface area contributed by atoms with E-state index in [4.69, 9.17) is 9.47 Å². The summed E-state index contributed by atoms with van der Waals surface area (Å²) in [6.07, 6.45) is -1.09. The molecule has 0 unspecified atom stereocenters. The first-order chi connectivity index (χ1) is 30.7. The van der Waals surface area contributed by atoms with Gasteiger partial charge in [0.25, 0.3) is 0 Å². The van der Waals surface area contributed by atoms with E-state index in [1.54, 1.807) is 49.9 Å². The van der Waals surface area contributed by atoms with Crippen LogP contribution in [0.2, 0.25) is 0 Å². The van der Waals surface area contributed by atoms with Gasteiger partial charge in [-0.25, -0.2) is 14.0 Å².